The lowest BCUT2D eigenvalue weighted by Crippen LogP contribution is -2.54. The molecule has 2 heterocycles. The van der Waals surface area contributed by atoms with Crippen molar-refractivity contribution in [3.8, 4) is 5.75 Å². The van der Waals surface area contributed by atoms with Gasteiger partial charge in [0.2, 0.25) is 0 Å². The number of nitrogens with zero attached hydrogens (tertiary/aromatic N) is 1. The van der Waals surface area contributed by atoms with Crippen LogP contribution in [0.15, 0.2) is 47.1 Å². The first-order valence-electron chi connectivity index (χ1n) is 6.97. The van der Waals surface area contributed by atoms with Crippen LogP contribution in [0.5, 0.6) is 5.75 Å². The summed E-state index contributed by atoms with van der Waals surface area (Å²) >= 11 is 0. The zero-order chi connectivity index (χ0) is 15.5. The minimum Gasteiger partial charge on any atom is -0.497 e. The number of furan rings is 1. The summed E-state index contributed by atoms with van der Waals surface area (Å²) in [6.07, 6.45) is 0.544. The standard InChI is InChI=1S/C16H17NO5/c1-20-12-6-4-11(5-7-12)10-22-17-9-13(16(17)19)15(18)14-3-2-8-21-14/h2-8,13,15,18H,9-10H2,1H3/t13-,15+/m1/s1. The molecule has 116 valence electrons. The zero-order valence-electron chi connectivity index (χ0n) is 12.1. The zero-order valence-corrected chi connectivity index (χ0v) is 12.1. The van der Waals surface area contributed by atoms with Gasteiger partial charge in [0.1, 0.15) is 24.2 Å². The maximum atomic E-state index is 12.0. The summed E-state index contributed by atoms with van der Waals surface area (Å²) in [6.45, 7) is 0.635. The molecule has 1 aromatic carbocycles. The molecule has 3 rings (SSSR count). The van der Waals surface area contributed by atoms with Crippen molar-refractivity contribution in [2.45, 2.75) is 12.7 Å². The number of ether oxygens (including phenoxy) is 1. The van der Waals surface area contributed by atoms with Crippen LogP contribution in [0.2, 0.25) is 0 Å². The van der Waals surface area contributed by atoms with Gasteiger partial charge in [0.05, 0.1) is 25.8 Å². The van der Waals surface area contributed by atoms with Gasteiger partial charge >= 0.3 is 0 Å². The summed E-state index contributed by atoms with van der Waals surface area (Å²) in [5.41, 5.74) is 0.934. The third-order valence-electron chi connectivity index (χ3n) is 3.69. The van der Waals surface area contributed by atoms with Crippen molar-refractivity contribution in [2.24, 2.45) is 5.92 Å². The SMILES string of the molecule is COc1ccc(CON2C[C@H]([C@H](O)c3ccco3)C2=O)cc1. The Labute approximate surface area is 127 Å². The molecule has 1 N–H and O–H groups in total. The molecule has 1 saturated heterocycles. The molecule has 2 atom stereocenters. The molecule has 6 heteroatoms. The monoisotopic (exact) mass is 303 g/mol. The number of methoxy groups -OCH3 is 1. The molecule has 1 amide bonds. The first kappa shape index (κ1) is 14.6. The van der Waals surface area contributed by atoms with Gasteiger partial charge in [-0.05, 0) is 29.8 Å². The first-order chi connectivity index (χ1) is 10.7. The maximum absolute atomic E-state index is 12.0. The van der Waals surface area contributed by atoms with Gasteiger partial charge in [-0.25, -0.2) is 5.06 Å². The van der Waals surface area contributed by atoms with E-state index in [2.05, 4.69) is 0 Å². The number of rotatable bonds is 6. The molecule has 0 bridgehead atoms. The number of benzene rings is 1. The minimum absolute atomic E-state index is 0.239. The summed E-state index contributed by atoms with van der Waals surface area (Å²) in [7, 11) is 1.61. The van der Waals surface area contributed by atoms with Crippen molar-refractivity contribution in [1.82, 2.24) is 5.06 Å². The number of hydroxylamine groups is 2. The highest BCUT2D eigenvalue weighted by molar-refractivity contribution is 5.84. The average molecular weight is 303 g/mol. The van der Waals surface area contributed by atoms with Gasteiger partial charge in [-0.1, -0.05) is 12.1 Å². The molecule has 6 nitrogen and oxygen atoms in total. The Morgan fingerprint density at radius 3 is 2.73 bits per heavy atom. The highest BCUT2D eigenvalue weighted by Crippen LogP contribution is 2.31. The van der Waals surface area contributed by atoms with Crippen LogP contribution in [-0.2, 0) is 16.2 Å². The van der Waals surface area contributed by atoms with Gasteiger partial charge in [0.15, 0.2) is 0 Å². The van der Waals surface area contributed by atoms with Crippen molar-refractivity contribution in [2.75, 3.05) is 13.7 Å². The highest BCUT2D eigenvalue weighted by atomic mass is 16.7. The molecule has 1 aliphatic rings. The Morgan fingerprint density at radius 1 is 1.36 bits per heavy atom. The molecule has 1 aliphatic heterocycles. The molecule has 0 saturated carbocycles. The van der Waals surface area contributed by atoms with E-state index < -0.39 is 12.0 Å². The fourth-order valence-electron chi connectivity index (χ4n) is 2.30. The van der Waals surface area contributed by atoms with E-state index in [1.54, 1.807) is 19.2 Å². The second kappa shape index (κ2) is 6.21. The van der Waals surface area contributed by atoms with Gasteiger partial charge in [-0.3, -0.25) is 9.63 Å². The quantitative estimate of drug-likeness (QED) is 0.825. The third kappa shape index (κ3) is 2.84. The summed E-state index contributed by atoms with van der Waals surface area (Å²) in [5.74, 6) is 0.415. The largest absolute Gasteiger partial charge is 0.497 e. The number of carbonyl (C=O) groups excluding carboxylic acids is 1. The number of amides is 1. The third-order valence-corrected chi connectivity index (χ3v) is 3.69. The maximum Gasteiger partial charge on any atom is 0.254 e. The van der Waals surface area contributed by atoms with Crippen LogP contribution in [0.4, 0.5) is 0 Å². The van der Waals surface area contributed by atoms with Crippen molar-refractivity contribution < 1.29 is 23.9 Å². The predicted molar refractivity (Wildman–Crippen MR) is 76.7 cm³/mol. The van der Waals surface area contributed by atoms with Gasteiger partial charge in [-0.2, -0.15) is 0 Å². The second-order valence-electron chi connectivity index (χ2n) is 5.09. The molecule has 0 aliphatic carbocycles. The Morgan fingerprint density at radius 2 is 2.14 bits per heavy atom. The van der Waals surface area contributed by atoms with E-state index in [4.69, 9.17) is 14.0 Å². The van der Waals surface area contributed by atoms with Crippen LogP contribution in [0.3, 0.4) is 0 Å². The number of hydrogen-bond acceptors (Lipinski definition) is 5. The van der Waals surface area contributed by atoms with E-state index in [0.717, 1.165) is 11.3 Å². The van der Waals surface area contributed by atoms with Crippen LogP contribution >= 0.6 is 0 Å². The Kier molecular flexibility index (Phi) is 4.13. The highest BCUT2D eigenvalue weighted by Gasteiger charge is 2.44. The van der Waals surface area contributed by atoms with E-state index in [1.807, 2.05) is 24.3 Å². The summed E-state index contributed by atoms with van der Waals surface area (Å²) in [5, 5.41) is 11.3. The van der Waals surface area contributed by atoms with Crippen LogP contribution in [-0.4, -0.2) is 29.7 Å². The Balaban J connectivity index is 1.50. The molecule has 0 unspecified atom stereocenters. The smallest absolute Gasteiger partial charge is 0.254 e. The van der Waals surface area contributed by atoms with Crippen molar-refractivity contribution in [3.05, 3.63) is 54.0 Å². The fraction of sp³-hybridized carbons (Fsp3) is 0.312. The number of aliphatic hydroxyl groups is 1. The lowest BCUT2D eigenvalue weighted by Gasteiger charge is -2.38. The Hall–Kier alpha value is -2.31. The second-order valence-corrected chi connectivity index (χ2v) is 5.09. The fourth-order valence-corrected chi connectivity index (χ4v) is 2.30. The van der Waals surface area contributed by atoms with Gasteiger partial charge in [0.25, 0.3) is 5.91 Å². The van der Waals surface area contributed by atoms with Crippen LogP contribution < -0.4 is 4.74 Å². The Bertz CT molecular complexity index is 622. The normalized spacial score (nSPS) is 18.9. The van der Waals surface area contributed by atoms with E-state index >= 15 is 0 Å². The number of β-lactam (4-membered cyclic amide) rings is 1. The molecule has 0 spiro atoms. The summed E-state index contributed by atoms with van der Waals surface area (Å²) < 4.78 is 10.2. The lowest BCUT2D eigenvalue weighted by molar-refractivity contribution is -0.234. The van der Waals surface area contributed by atoms with E-state index in [9.17, 15) is 9.90 Å². The van der Waals surface area contributed by atoms with Crippen molar-refractivity contribution in [3.63, 3.8) is 0 Å². The first-order valence-corrected chi connectivity index (χ1v) is 6.97. The van der Waals surface area contributed by atoms with Gasteiger partial charge < -0.3 is 14.3 Å². The molecule has 1 fully saturated rings. The molecule has 2 aromatic rings. The van der Waals surface area contributed by atoms with Crippen molar-refractivity contribution >= 4 is 5.91 Å². The number of aliphatic hydroxyl groups excluding tert-OH is 1. The van der Waals surface area contributed by atoms with Crippen LogP contribution in [0.25, 0.3) is 0 Å². The van der Waals surface area contributed by atoms with Gasteiger partial charge in [0, 0.05) is 0 Å². The number of carbonyl (C=O) groups is 1. The average Bonchev–Trinajstić information content (AvgIpc) is 3.08. The lowest BCUT2D eigenvalue weighted by atomic mass is 9.93. The minimum atomic E-state index is -0.927. The summed E-state index contributed by atoms with van der Waals surface area (Å²) in [4.78, 5) is 17.4. The number of hydrogen-bond donors (Lipinski definition) is 1. The molecule has 1 aromatic heterocycles. The molecule has 22 heavy (non-hydrogen) atoms. The van der Waals surface area contributed by atoms with Crippen LogP contribution in [0.1, 0.15) is 17.4 Å². The summed E-state index contributed by atoms with van der Waals surface area (Å²) in [6, 6.07) is 10.7. The topological polar surface area (TPSA) is 72.1 Å². The van der Waals surface area contributed by atoms with E-state index in [1.165, 1.54) is 11.3 Å². The predicted octanol–water partition coefficient (Wildman–Crippen LogP) is 1.91. The molecular formula is C16H17NO5. The van der Waals surface area contributed by atoms with Crippen LogP contribution in [0, 0.1) is 5.92 Å². The van der Waals surface area contributed by atoms with Gasteiger partial charge in [-0.15, -0.1) is 0 Å². The van der Waals surface area contributed by atoms with E-state index in [0.29, 0.717) is 18.9 Å². The molecule has 0 radical (unpaired) electrons. The van der Waals surface area contributed by atoms with Crippen molar-refractivity contribution in [1.29, 1.82) is 0 Å². The molecular weight excluding hydrogens is 286 g/mol. The van der Waals surface area contributed by atoms with E-state index in [-0.39, 0.29) is 5.91 Å².